The highest BCUT2D eigenvalue weighted by molar-refractivity contribution is 14.0. The maximum atomic E-state index is 4.66. The molecule has 0 bridgehead atoms. The Morgan fingerprint density at radius 2 is 2.04 bits per heavy atom. The molecule has 0 amide bonds. The highest BCUT2D eigenvalue weighted by Crippen LogP contribution is 2.21. The van der Waals surface area contributed by atoms with E-state index in [2.05, 4.69) is 63.0 Å². The zero-order valence-corrected chi connectivity index (χ0v) is 19.2. The van der Waals surface area contributed by atoms with Crippen molar-refractivity contribution in [2.75, 3.05) is 37.8 Å². The molecule has 0 spiro atoms. The maximum Gasteiger partial charge on any atom is 0.191 e. The third-order valence-corrected chi connectivity index (χ3v) is 4.99. The van der Waals surface area contributed by atoms with E-state index in [1.807, 2.05) is 18.8 Å². The molecule has 2 aromatic rings. The molecule has 2 heterocycles. The summed E-state index contributed by atoms with van der Waals surface area (Å²) in [4.78, 5) is 13.2. The number of halogens is 1. The predicted octanol–water partition coefficient (Wildman–Crippen LogP) is 2.09. The van der Waals surface area contributed by atoms with Crippen LogP contribution in [0.1, 0.15) is 20.8 Å². The number of guanidine groups is 1. The van der Waals surface area contributed by atoms with Crippen LogP contribution in [0.15, 0.2) is 17.5 Å². The molecule has 0 aliphatic heterocycles. The first-order valence-corrected chi connectivity index (χ1v) is 9.63. The molecular formula is C16H29IN8S. The Bertz CT molecular complexity index is 715. The van der Waals surface area contributed by atoms with Crippen molar-refractivity contribution in [1.29, 1.82) is 0 Å². The molecule has 10 heteroatoms. The zero-order chi connectivity index (χ0) is 18.3. The summed E-state index contributed by atoms with van der Waals surface area (Å²) in [5.41, 5.74) is 0.819. The molecule has 0 saturated carbocycles. The van der Waals surface area contributed by atoms with Gasteiger partial charge in [0.2, 0.25) is 0 Å². The molecule has 8 nitrogen and oxygen atoms in total. The molecule has 3 N–H and O–H groups in total. The largest absolute Gasteiger partial charge is 0.368 e. The summed E-state index contributed by atoms with van der Waals surface area (Å²) in [5.74, 6) is 1.63. The number of aryl methyl sites for hydroxylation is 1. The van der Waals surface area contributed by atoms with E-state index in [9.17, 15) is 0 Å². The van der Waals surface area contributed by atoms with Gasteiger partial charge in [-0.05, 0) is 27.0 Å². The number of fused-ring (bicyclic) bond motifs is 1. The summed E-state index contributed by atoms with van der Waals surface area (Å²) in [6, 6.07) is 0. The topological polar surface area (TPSA) is 92.1 Å². The lowest BCUT2D eigenvalue weighted by molar-refractivity contribution is 0.712. The number of thioether (sulfide) groups is 1. The Labute approximate surface area is 176 Å². The molecule has 26 heavy (non-hydrogen) atoms. The van der Waals surface area contributed by atoms with Crippen LogP contribution in [-0.4, -0.2) is 62.9 Å². The monoisotopic (exact) mass is 492 g/mol. The number of aliphatic imine (C=N–C) groups is 1. The van der Waals surface area contributed by atoms with E-state index in [1.165, 1.54) is 0 Å². The van der Waals surface area contributed by atoms with E-state index in [1.54, 1.807) is 17.2 Å². The summed E-state index contributed by atoms with van der Waals surface area (Å²) in [7, 11) is 1.87. The average Bonchev–Trinajstić information content (AvgIpc) is 2.98. The summed E-state index contributed by atoms with van der Waals surface area (Å²) in [6.45, 7) is 9.51. The van der Waals surface area contributed by atoms with Gasteiger partial charge in [-0.15, -0.1) is 24.0 Å². The SMILES string of the molecule is CCNC(=NCC(C)(C)SC)NCCNc1ncnc2c1cnn2C.I. The van der Waals surface area contributed by atoms with Gasteiger partial charge in [0.1, 0.15) is 12.1 Å². The number of nitrogens with zero attached hydrogens (tertiary/aromatic N) is 5. The Kier molecular flexibility index (Phi) is 9.41. The molecule has 0 saturated heterocycles. The van der Waals surface area contributed by atoms with Crippen LogP contribution in [0.25, 0.3) is 11.0 Å². The van der Waals surface area contributed by atoms with Crippen LogP contribution < -0.4 is 16.0 Å². The fourth-order valence-electron chi connectivity index (χ4n) is 2.14. The van der Waals surface area contributed by atoms with Gasteiger partial charge in [-0.1, -0.05) is 0 Å². The molecule has 0 unspecified atom stereocenters. The average molecular weight is 492 g/mol. The number of hydrogen-bond donors (Lipinski definition) is 3. The van der Waals surface area contributed by atoms with Crippen LogP contribution >= 0.6 is 35.7 Å². The Morgan fingerprint density at radius 1 is 1.27 bits per heavy atom. The molecule has 0 radical (unpaired) electrons. The highest BCUT2D eigenvalue weighted by Gasteiger charge is 2.15. The maximum absolute atomic E-state index is 4.66. The summed E-state index contributed by atoms with van der Waals surface area (Å²) < 4.78 is 1.87. The highest BCUT2D eigenvalue weighted by atomic mass is 127. The minimum atomic E-state index is 0. The lowest BCUT2D eigenvalue weighted by Gasteiger charge is -2.20. The lowest BCUT2D eigenvalue weighted by Crippen LogP contribution is -2.40. The van der Waals surface area contributed by atoms with Crippen LogP contribution in [-0.2, 0) is 7.05 Å². The molecule has 0 aliphatic rings. The van der Waals surface area contributed by atoms with E-state index in [-0.39, 0.29) is 28.7 Å². The first-order chi connectivity index (χ1) is 12.0. The minimum absolute atomic E-state index is 0. The molecule has 0 aromatic carbocycles. The van der Waals surface area contributed by atoms with Crippen molar-refractivity contribution in [2.24, 2.45) is 12.0 Å². The molecule has 0 atom stereocenters. The van der Waals surface area contributed by atoms with Gasteiger partial charge >= 0.3 is 0 Å². The van der Waals surface area contributed by atoms with Crippen molar-refractivity contribution >= 4 is 58.5 Å². The second kappa shape index (κ2) is 10.8. The minimum Gasteiger partial charge on any atom is -0.368 e. The quantitative estimate of drug-likeness (QED) is 0.225. The van der Waals surface area contributed by atoms with E-state index in [4.69, 9.17) is 0 Å². The van der Waals surface area contributed by atoms with Gasteiger partial charge in [-0.2, -0.15) is 16.9 Å². The van der Waals surface area contributed by atoms with Crippen molar-refractivity contribution in [3.8, 4) is 0 Å². The molecule has 0 fully saturated rings. The molecule has 0 aliphatic carbocycles. The first kappa shape index (κ1) is 22.7. The normalized spacial score (nSPS) is 12.0. The number of anilines is 1. The van der Waals surface area contributed by atoms with Crippen LogP contribution in [0, 0.1) is 0 Å². The van der Waals surface area contributed by atoms with Crippen molar-refractivity contribution in [3.63, 3.8) is 0 Å². The third-order valence-electron chi connectivity index (χ3n) is 3.75. The van der Waals surface area contributed by atoms with Gasteiger partial charge in [-0.25, -0.2) is 9.97 Å². The van der Waals surface area contributed by atoms with E-state index in [0.29, 0.717) is 0 Å². The van der Waals surface area contributed by atoms with E-state index < -0.39 is 0 Å². The lowest BCUT2D eigenvalue weighted by atomic mass is 10.2. The van der Waals surface area contributed by atoms with Crippen molar-refractivity contribution in [3.05, 3.63) is 12.5 Å². The zero-order valence-electron chi connectivity index (χ0n) is 16.0. The van der Waals surface area contributed by atoms with E-state index >= 15 is 0 Å². The third kappa shape index (κ3) is 6.45. The smallest absolute Gasteiger partial charge is 0.191 e. The van der Waals surface area contributed by atoms with Crippen LogP contribution in [0.5, 0.6) is 0 Å². The predicted molar refractivity (Wildman–Crippen MR) is 122 cm³/mol. The molecular weight excluding hydrogens is 463 g/mol. The first-order valence-electron chi connectivity index (χ1n) is 8.40. The van der Waals surface area contributed by atoms with Gasteiger partial charge in [0.15, 0.2) is 11.6 Å². The van der Waals surface area contributed by atoms with Crippen molar-refractivity contribution in [2.45, 2.75) is 25.5 Å². The van der Waals surface area contributed by atoms with Gasteiger partial charge in [0.05, 0.1) is 18.1 Å². The number of aromatic nitrogens is 4. The second-order valence-corrected chi connectivity index (χ2v) is 7.75. The molecule has 2 rings (SSSR count). The number of hydrogen-bond acceptors (Lipinski definition) is 6. The molecule has 146 valence electrons. The van der Waals surface area contributed by atoms with Gasteiger partial charge in [0.25, 0.3) is 0 Å². The summed E-state index contributed by atoms with van der Waals surface area (Å²) in [5, 5.41) is 15.1. The van der Waals surface area contributed by atoms with E-state index in [0.717, 1.165) is 49.0 Å². The van der Waals surface area contributed by atoms with Gasteiger partial charge in [0, 0.05) is 31.4 Å². The summed E-state index contributed by atoms with van der Waals surface area (Å²) >= 11 is 1.82. The van der Waals surface area contributed by atoms with Crippen LogP contribution in [0.4, 0.5) is 5.82 Å². The van der Waals surface area contributed by atoms with Crippen molar-refractivity contribution < 1.29 is 0 Å². The standard InChI is InChI=1S/C16H28N8S.HI/c1-6-17-15(20-10-16(2,3)25-5)19-8-7-18-13-12-9-23-24(4)14(12)22-11-21-13;/h9,11H,6-8,10H2,1-5H3,(H2,17,19,20)(H,18,21,22);1H. The Balaban J connectivity index is 0.00000338. The summed E-state index contributed by atoms with van der Waals surface area (Å²) in [6.07, 6.45) is 5.44. The molecule has 2 aromatic heterocycles. The number of nitrogens with one attached hydrogen (secondary N) is 3. The fourth-order valence-corrected chi connectivity index (χ4v) is 2.33. The number of rotatable bonds is 8. The Hall–Kier alpha value is -1.30. The van der Waals surface area contributed by atoms with Crippen LogP contribution in [0.3, 0.4) is 0 Å². The van der Waals surface area contributed by atoms with Crippen LogP contribution in [0.2, 0.25) is 0 Å². The fraction of sp³-hybridized carbons (Fsp3) is 0.625. The second-order valence-electron chi connectivity index (χ2n) is 6.24. The Morgan fingerprint density at radius 3 is 2.73 bits per heavy atom. The van der Waals surface area contributed by atoms with Crippen molar-refractivity contribution in [1.82, 2.24) is 30.4 Å². The van der Waals surface area contributed by atoms with Gasteiger partial charge in [-0.3, -0.25) is 9.67 Å². The van der Waals surface area contributed by atoms with Gasteiger partial charge < -0.3 is 16.0 Å².